The quantitative estimate of drug-likeness (QED) is 0.103. The summed E-state index contributed by atoms with van der Waals surface area (Å²) in [6.45, 7) is 18.0. The standard InChI is InChI=1S/C24H48NO4PS2/c1-19(2)25(20(3)4)30(28-17-13-9-11-15-23(5,6)21(26)31)29-18-14-10-12-16-24(7,8)22(27)32/h19-20H,9-18H2,1-8H3,(H,26,31)(H,27,32). The molecule has 0 aromatic rings. The van der Waals surface area contributed by atoms with Crippen LogP contribution in [-0.2, 0) is 9.05 Å². The SMILES string of the molecule is CC(C)N(C(C)C)P(OCCCCCC(C)(C)C(O)=S)OCCCCCC(C)(C)C(O)=S. The molecule has 0 radical (unpaired) electrons. The van der Waals surface area contributed by atoms with Gasteiger partial charge in [0.25, 0.3) is 8.53 Å². The lowest BCUT2D eigenvalue weighted by molar-refractivity contribution is 0.169. The monoisotopic (exact) mass is 509 g/mol. The number of aliphatic hydroxyl groups excluding tert-OH is 2. The van der Waals surface area contributed by atoms with E-state index >= 15 is 0 Å². The highest BCUT2D eigenvalue weighted by Crippen LogP contribution is 2.46. The van der Waals surface area contributed by atoms with E-state index in [0.29, 0.717) is 25.3 Å². The molecule has 0 unspecified atom stereocenters. The number of nitrogens with zero attached hydrogens (tertiary/aromatic N) is 1. The van der Waals surface area contributed by atoms with Gasteiger partial charge in [0, 0.05) is 22.9 Å². The molecule has 8 heteroatoms. The van der Waals surface area contributed by atoms with Crippen LogP contribution in [0.1, 0.15) is 107 Å². The third kappa shape index (κ3) is 13.1. The van der Waals surface area contributed by atoms with Crippen molar-refractivity contribution >= 4 is 43.1 Å². The van der Waals surface area contributed by atoms with Crippen LogP contribution in [0, 0.1) is 10.8 Å². The number of rotatable bonds is 19. The highest BCUT2D eigenvalue weighted by Gasteiger charge is 2.27. The van der Waals surface area contributed by atoms with E-state index in [0.717, 1.165) is 51.4 Å². The fourth-order valence-electron chi connectivity index (χ4n) is 3.33. The topological polar surface area (TPSA) is 62.2 Å². The second kappa shape index (κ2) is 15.9. The summed E-state index contributed by atoms with van der Waals surface area (Å²) in [6.07, 6.45) is 7.82. The fraction of sp³-hybridized carbons (Fsp3) is 0.917. The van der Waals surface area contributed by atoms with Gasteiger partial charge in [0.2, 0.25) is 0 Å². The summed E-state index contributed by atoms with van der Waals surface area (Å²) in [5, 5.41) is 19.4. The summed E-state index contributed by atoms with van der Waals surface area (Å²) < 4.78 is 14.8. The van der Waals surface area contributed by atoms with E-state index in [1.54, 1.807) is 0 Å². The van der Waals surface area contributed by atoms with E-state index in [4.69, 9.17) is 33.5 Å². The molecule has 0 aromatic heterocycles. The van der Waals surface area contributed by atoms with Gasteiger partial charge in [-0.2, -0.15) is 0 Å². The number of hydrogen-bond acceptors (Lipinski definition) is 5. The van der Waals surface area contributed by atoms with Crippen LogP contribution in [0.5, 0.6) is 0 Å². The minimum absolute atomic E-state index is 0.0952. The summed E-state index contributed by atoms with van der Waals surface area (Å²) >= 11 is 9.87. The summed E-state index contributed by atoms with van der Waals surface area (Å²) in [5.74, 6) is 0. The molecule has 0 saturated carbocycles. The zero-order valence-electron chi connectivity index (χ0n) is 21.6. The van der Waals surface area contributed by atoms with Crippen molar-refractivity contribution in [2.24, 2.45) is 10.8 Å². The van der Waals surface area contributed by atoms with E-state index in [9.17, 15) is 10.2 Å². The normalized spacial score (nSPS) is 13.0. The lowest BCUT2D eigenvalue weighted by Crippen LogP contribution is -2.33. The Morgan fingerprint density at radius 2 is 1.06 bits per heavy atom. The molecule has 0 atom stereocenters. The number of thiocarbonyl (C=S) groups is 2. The van der Waals surface area contributed by atoms with Crippen LogP contribution in [0.3, 0.4) is 0 Å². The molecular formula is C24H48NO4PS2. The second-order valence-corrected chi connectivity index (χ2v) is 12.7. The maximum absolute atomic E-state index is 9.59. The molecule has 0 aliphatic carbocycles. The largest absolute Gasteiger partial charge is 0.502 e. The molecule has 0 heterocycles. The van der Waals surface area contributed by atoms with E-state index in [1.807, 2.05) is 27.7 Å². The Kier molecular flexibility index (Phi) is 15.9. The van der Waals surface area contributed by atoms with Gasteiger partial charge in [0.1, 0.15) is 0 Å². The van der Waals surface area contributed by atoms with Crippen molar-refractivity contribution in [3.8, 4) is 0 Å². The first-order chi connectivity index (χ1) is 14.7. The fourth-order valence-corrected chi connectivity index (χ4v) is 5.20. The zero-order valence-corrected chi connectivity index (χ0v) is 24.2. The first kappa shape index (κ1) is 32.1. The van der Waals surface area contributed by atoms with Crippen LogP contribution in [-0.4, -0.2) is 50.3 Å². The highest BCUT2D eigenvalue weighted by atomic mass is 32.1. The Morgan fingerprint density at radius 1 is 0.719 bits per heavy atom. The third-order valence-corrected chi connectivity index (χ3v) is 8.91. The van der Waals surface area contributed by atoms with Gasteiger partial charge in [-0.25, -0.2) is 4.67 Å². The van der Waals surface area contributed by atoms with Crippen LogP contribution in [0.15, 0.2) is 0 Å². The summed E-state index contributed by atoms with van der Waals surface area (Å²) in [6, 6.07) is 0.692. The zero-order chi connectivity index (χ0) is 24.9. The molecular weight excluding hydrogens is 461 g/mol. The molecule has 5 nitrogen and oxygen atoms in total. The predicted molar refractivity (Wildman–Crippen MR) is 146 cm³/mol. The molecule has 0 saturated heterocycles. The Balaban J connectivity index is 4.47. The molecule has 190 valence electrons. The van der Waals surface area contributed by atoms with Crippen molar-refractivity contribution in [1.29, 1.82) is 0 Å². The predicted octanol–water partition coefficient (Wildman–Crippen LogP) is 8.31. The molecule has 0 spiro atoms. The van der Waals surface area contributed by atoms with Crippen LogP contribution in [0.25, 0.3) is 0 Å². The minimum atomic E-state index is -1.10. The average molecular weight is 510 g/mol. The summed E-state index contributed by atoms with van der Waals surface area (Å²) in [4.78, 5) is 0. The molecule has 0 aliphatic rings. The molecule has 0 bridgehead atoms. The van der Waals surface area contributed by atoms with Gasteiger partial charge in [-0.1, -0.05) is 53.4 Å². The van der Waals surface area contributed by atoms with Crippen molar-refractivity contribution in [2.45, 2.75) is 119 Å². The van der Waals surface area contributed by atoms with Crippen molar-refractivity contribution < 1.29 is 19.3 Å². The van der Waals surface area contributed by atoms with E-state index in [2.05, 4.69) is 32.4 Å². The Hall–Kier alpha value is 0.0900. The van der Waals surface area contributed by atoms with Gasteiger partial charge in [0.15, 0.2) is 10.1 Å². The molecule has 2 N–H and O–H groups in total. The molecule has 32 heavy (non-hydrogen) atoms. The lowest BCUT2D eigenvalue weighted by Gasteiger charge is -2.35. The van der Waals surface area contributed by atoms with Gasteiger partial charge >= 0.3 is 0 Å². The van der Waals surface area contributed by atoms with Crippen molar-refractivity contribution in [3.63, 3.8) is 0 Å². The highest BCUT2D eigenvalue weighted by molar-refractivity contribution is 7.80. The van der Waals surface area contributed by atoms with Crippen LogP contribution in [0.4, 0.5) is 0 Å². The van der Waals surface area contributed by atoms with Crippen LogP contribution < -0.4 is 0 Å². The smallest absolute Gasteiger partial charge is 0.259 e. The molecule has 0 amide bonds. The molecule has 0 aromatic carbocycles. The third-order valence-electron chi connectivity index (χ3n) is 5.70. The van der Waals surface area contributed by atoms with Crippen LogP contribution >= 0.6 is 33.0 Å². The maximum atomic E-state index is 9.59. The van der Waals surface area contributed by atoms with E-state index < -0.39 is 8.53 Å². The first-order valence-corrected chi connectivity index (χ1v) is 14.0. The number of hydrogen-bond donors (Lipinski definition) is 2. The van der Waals surface area contributed by atoms with Gasteiger partial charge < -0.3 is 19.3 Å². The van der Waals surface area contributed by atoms with Gasteiger partial charge in [0.05, 0.1) is 13.2 Å². The maximum Gasteiger partial charge on any atom is 0.259 e. The first-order valence-electron chi connectivity index (χ1n) is 12.0. The lowest BCUT2D eigenvalue weighted by atomic mass is 9.88. The van der Waals surface area contributed by atoms with Crippen molar-refractivity contribution in [1.82, 2.24) is 4.67 Å². The number of aliphatic hydroxyl groups is 2. The van der Waals surface area contributed by atoms with E-state index in [1.165, 1.54) is 0 Å². The molecule has 0 fully saturated rings. The summed E-state index contributed by atoms with van der Waals surface area (Å²) in [7, 11) is -1.10. The Labute approximate surface area is 209 Å². The summed E-state index contributed by atoms with van der Waals surface area (Å²) in [5.41, 5.74) is -0.593. The number of unbranched alkanes of at least 4 members (excludes halogenated alkanes) is 4. The van der Waals surface area contributed by atoms with Crippen molar-refractivity contribution in [3.05, 3.63) is 0 Å². The van der Waals surface area contributed by atoms with Crippen molar-refractivity contribution in [2.75, 3.05) is 13.2 Å². The molecule has 0 aliphatic heterocycles. The second-order valence-electron chi connectivity index (χ2n) is 10.5. The van der Waals surface area contributed by atoms with Gasteiger partial charge in [-0.3, -0.25) is 0 Å². The van der Waals surface area contributed by atoms with E-state index in [-0.39, 0.29) is 20.9 Å². The Morgan fingerprint density at radius 3 is 1.34 bits per heavy atom. The van der Waals surface area contributed by atoms with Gasteiger partial charge in [-0.05, 0) is 77.8 Å². The Bertz CT molecular complexity index is 510. The van der Waals surface area contributed by atoms with Crippen LogP contribution in [0.2, 0.25) is 0 Å². The van der Waals surface area contributed by atoms with Gasteiger partial charge in [-0.15, -0.1) is 0 Å². The average Bonchev–Trinajstić information content (AvgIpc) is 2.65. The molecule has 0 rings (SSSR count). The minimum Gasteiger partial charge on any atom is -0.502 e.